The van der Waals surface area contributed by atoms with Crippen molar-refractivity contribution in [1.82, 2.24) is 24.6 Å². The Bertz CT molecular complexity index is 702. The van der Waals surface area contributed by atoms with Crippen LogP contribution in [0.4, 0.5) is 0 Å². The van der Waals surface area contributed by atoms with Gasteiger partial charge in [-0.3, -0.25) is 9.89 Å². The number of carbonyl (C=O) groups excluding carboxylic acids is 1. The van der Waals surface area contributed by atoms with Gasteiger partial charge in [-0.25, -0.2) is 4.98 Å². The third-order valence-corrected chi connectivity index (χ3v) is 5.13. The van der Waals surface area contributed by atoms with Crippen molar-refractivity contribution in [3.05, 3.63) is 35.7 Å². The van der Waals surface area contributed by atoms with Crippen molar-refractivity contribution in [1.29, 1.82) is 0 Å². The molecular weight excluding hydrogens is 314 g/mol. The Balaban J connectivity index is 1.53. The molecule has 1 aliphatic heterocycles. The highest BCUT2D eigenvalue weighted by Crippen LogP contribution is 2.22. The Morgan fingerprint density at radius 1 is 1.44 bits per heavy atom. The average Bonchev–Trinajstić information content (AvgIpc) is 3.22. The average molecular weight is 343 g/mol. The highest BCUT2D eigenvalue weighted by atomic mass is 16.2. The standard InChI is InChI=1S/C19H29N5O/c1-14(2)19-20-7-10-23(19)9-6-18(25)24-8-4-5-16(13-24)11-17-15(3)12-21-22-17/h7,10,12,14,16H,4-6,8-9,11,13H2,1-3H3,(H,21,22)/t16-/m0/s1. The van der Waals surface area contributed by atoms with Crippen LogP contribution in [-0.2, 0) is 17.8 Å². The number of piperidine rings is 1. The van der Waals surface area contributed by atoms with Crippen molar-refractivity contribution in [3.8, 4) is 0 Å². The van der Waals surface area contributed by atoms with Gasteiger partial charge in [0.2, 0.25) is 5.91 Å². The lowest BCUT2D eigenvalue weighted by molar-refractivity contribution is -0.133. The van der Waals surface area contributed by atoms with Gasteiger partial charge in [-0.1, -0.05) is 13.8 Å². The van der Waals surface area contributed by atoms with Crippen molar-refractivity contribution in [2.24, 2.45) is 5.92 Å². The fourth-order valence-electron chi connectivity index (χ4n) is 3.71. The number of nitrogens with zero attached hydrogens (tertiary/aromatic N) is 4. The fourth-order valence-corrected chi connectivity index (χ4v) is 3.71. The molecule has 136 valence electrons. The monoisotopic (exact) mass is 343 g/mol. The third-order valence-electron chi connectivity index (χ3n) is 5.13. The summed E-state index contributed by atoms with van der Waals surface area (Å²) < 4.78 is 2.11. The molecule has 2 aromatic heterocycles. The van der Waals surface area contributed by atoms with E-state index in [1.54, 1.807) is 0 Å². The molecule has 0 aromatic carbocycles. The van der Waals surface area contributed by atoms with E-state index in [-0.39, 0.29) is 5.91 Å². The fraction of sp³-hybridized carbons (Fsp3) is 0.632. The Morgan fingerprint density at radius 3 is 3.00 bits per heavy atom. The molecule has 1 fully saturated rings. The number of hydrogen-bond acceptors (Lipinski definition) is 3. The lowest BCUT2D eigenvalue weighted by atomic mass is 9.92. The summed E-state index contributed by atoms with van der Waals surface area (Å²) in [6.07, 6.45) is 9.47. The molecule has 1 saturated heterocycles. The molecule has 1 amide bonds. The first-order chi connectivity index (χ1) is 12.0. The zero-order chi connectivity index (χ0) is 17.8. The van der Waals surface area contributed by atoms with Crippen LogP contribution in [0.3, 0.4) is 0 Å². The van der Waals surface area contributed by atoms with Crippen LogP contribution in [0, 0.1) is 12.8 Å². The van der Waals surface area contributed by atoms with Gasteiger partial charge in [0.15, 0.2) is 0 Å². The topological polar surface area (TPSA) is 66.8 Å². The summed E-state index contributed by atoms with van der Waals surface area (Å²) in [5.74, 6) is 2.21. The van der Waals surface area contributed by atoms with E-state index in [0.717, 1.165) is 31.8 Å². The quantitative estimate of drug-likeness (QED) is 0.877. The summed E-state index contributed by atoms with van der Waals surface area (Å²) in [5, 5.41) is 7.20. The molecule has 6 heteroatoms. The van der Waals surface area contributed by atoms with Gasteiger partial charge in [0.05, 0.1) is 6.20 Å². The van der Waals surface area contributed by atoms with Gasteiger partial charge >= 0.3 is 0 Å². The molecule has 3 heterocycles. The second-order valence-corrected chi connectivity index (χ2v) is 7.47. The second-order valence-electron chi connectivity index (χ2n) is 7.47. The first-order valence-corrected chi connectivity index (χ1v) is 9.32. The Labute approximate surface area is 149 Å². The smallest absolute Gasteiger partial charge is 0.224 e. The van der Waals surface area contributed by atoms with Crippen molar-refractivity contribution in [2.45, 2.75) is 58.9 Å². The number of carbonyl (C=O) groups is 1. The highest BCUT2D eigenvalue weighted by molar-refractivity contribution is 5.76. The molecule has 0 unspecified atom stereocenters. The number of rotatable bonds is 6. The van der Waals surface area contributed by atoms with Crippen LogP contribution in [0.1, 0.15) is 56.1 Å². The predicted molar refractivity (Wildman–Crippen MR) is 97.3 cm³/mol. The first-order valence-electron chi connectivity index (χ1n) is 9.32. The molecule has 25 heavy (non-hydrogen) atoms. The van der Waals surface area contributed by atoms with Crippen molar-refractivity contribution < 1.29 is 4.79 Å². The van der Waals surface area contributed by atoms with E-state index in [1.807, 2.05) is 23.5 Å². The molecule has 1 aliphatic rings. The SMILES string of the molecule is Cc1cn[nH]c1C[C@@H]1CCCN(C(=O)CCn2ccnc2C(C)C)C1. The maximum Gasteiger partial charge on any atom is 0.224 e. The highest BCUT2D eigenvalue weighted by Gasteiger charge is 2.24. The maximum absolute atomic E-state index is 12.7. The second kappa shape index (κ2) is 7.85. The predicted octanol–water partition coefficient (Wildman–Crippen LogP) is 2.91. The molecule has 3 rings (SSSR count). The molecule has 2 aromatic rings. The van der Waals surface area contributed by atoms with Crippen molar-refractivity contribution >= 4 is 5.91 Å². The summed E-state index contributed by atoms with van der Waals surface area (Å²) in [4.78, 5) is 19.1. The molecular formula is C19H29N5O. The van der Waals surface area contributed by atoms with Gasteiger partial charge < -0.3 is 9.47 Å². The number of aromatic amines is 1. The summed E-state index contributed by atoms with van der Waals surface area (Å²) >= 11 is 0. The van der Waals surface area contributed by atoms with E-state index in [9.17, 15) is 4.79 Å². The van der Waals surface area contributed by atoms with E-state index in [0.29, 0.717) is 24.8 Å². The number of aromatic nitrogens is 4. The van der Waals surface area contributed by atoms with Gasteiger partial charge in [-0.15, -0.1) is 0 Å². The minimum absolute atomic E-state index is 0.259. The Hall–Kier alpha value is -2.11. The lowest BCUT2D eigenvalue weighted by Crippen LogP contribution is -2.40. The zero-order valence-corrected chi connectivity index (χ0v) is 15.5. The van der Waals surface area contributed by atoms with Crippen LogP contribution < -0.4 is 0 Å². The third kappa shape index (κ3) is 4.30. The minimum atomic E-state index is 0.259. The van der Waals surface area contributed by atoms with E-state index < -0.39 is 0 Å². The molecule has 0 spiro atoms. The van der Waals surface area contributed by atoms with E-state index in [2.05, 4.69) is 40.5 Å². The summed E-state index contributed by atoms with van der Waals surface area (Å²) in [6.45, 7) is 8.81. The number of nitrogens with one attached hydrogen (secondary N) is 1. The number of H-pyrrole nitrogens is 1. The van der Waals surface area contributed by atoms with E-state index in [1.165, 1.54) is 17.7 Å². The van der Waals surface area contributed by atoms with Crippen LogP contribution in [0.15, 0.2) is 18.6 Å². The molecule has 0 aliphatic carbocycles. The van der Waals surface area contributed by atoms with Gasteiger partial charge in [0.25, 0.3) is 0 Å². The lowest BCUT2D eigenvalue weighted by Gasteiger charge is -2.33. The van der Waals surface area contributed by atoms with Crippen LogP contribution >= 0.6 is 0 Å². The van der Waals surface area contributed by atoms with Gasteiger partial charge in [0.1, 0.15) is 5.82 Å². The largest absolute Gasteiger partial charge is 0.342 e. The van der Waals surface area contributed by atoms with Gasteiger partial charge in [-0.2, -0.15) is 5.10 Å². The van der Waals surface area contributed by atoms with Crippen LogP contribution in [0.2, 0.25) is 0 Å². The van der Waals surface area contributed by atoms with Crippen LogP contribution in [0.25, 0.3) is 0 Å². The first kappa shape index (κ1) is 17.7. The summed E-state index contributed by atoms with van der Waals surface area (Å²) in [5.41, 5.74) is 2.42. The van der Waals surface area contributed by atoms with Crippen molar-refractivity contribution in [3.63, 3.8) is 0 Å². The normalized spacial score (nSPS) is 18.1. The number of amides is 1. The number of imidazole rings is 1. The molecule has 0 bridgehead atoms. The van der Waals surface area contributed by atoms with E-state index >= 15 is 0 Å². The molecule has 0 radical (unpaired) electrons. The number of likely N-dealkylation sites (tertiary alicyclic amines) is 1. The summed E-state index contributed by atoms with van der Waals surface area (Å²) in [7, 11) is 0. The Kier molecular flexibility index (Phi) is 5.56. The molecule has 1 atom stereocenters. The van der Waals surface area contributed by atoms with Gasteiger partial charge in [0, 0.05) is 50.1 Å². The molecule has 0 saturated carbocycles. The maximum atomic E-state index is 12.7. The number of aryl methyl sites for hydroxylation is 2. The van der Waals surface area contributed by atoms with Crippen LogP contribution in [0.5, 0.6) is 0 Å². The zero-order valence-electron chi connectivity index (χ0n) is 15.5. The molecule has 6 nitrogen and oxygen atoms in total. The number of hydrogen-bond donors (Lipinski definition) is 1. The minimum Gasteiger partial charge on any atom is -0.342 e. The molecule has 1 N–H and O–H groups in total. The van der Waals surface area contributed by atoms with Crippen LogP contribution in [-0.4, -0.2) is 43.6 Å². The summed E-state index contributed by atoms with van der Waals surface area (Å²) in [6, 6.07) is 0. The van der Waals surface area contributed by atoms with Gasteiger partial charge in [-0.05, 0) is 37.7 Å². The van der Waals surface area contributed by atoms with Crippen molar-refractivity contribution in [2.75, 3.05) is 13.1 Å². The van der Waals surface area contributed by atoms with E-state index in [4.69, 9.17) is 0 Å². The Morgan fingerprint density at radius 2 is 2.28 bits per heavy atom.